The zero-order chi connectivity index (χ0) is 24.3. The van der Waals surface area contributed by atoms with Gasteiger partial charge in [0.1, 0.15) is 12.4 Å². The smallest absolute Gasteiger partial charge is 0.264 e. The van der Waals surface area contributed by atoms with Gasteiger partial charge in [-0.3, -0.25) is 4.79 Å². The fourth-order valence-corrected chi connectivity index (χ4v) is 4.52. The molecule has 0 radical (unpaired) electrons. The van der Waals surface area contributed by atoms with E-state index in [0.717, 1.165) is 5.56 Å². The Balaban J connectivity index is 1.76. The number of fused-ring (bicyclic) bond motifs is 4. The van der Waals surface area contributed by atoms with Gasteiger partial charge < -0.3 is 14.8 Å². The Morgan fingerprint density at radius 3 is 2.68 bits per heavy atom. The van der Waals surface area contributed by atoms with Crippen molar-refractivity contribution in [2.45, 2.75) is 38.1 Å². The van der Waals surface area contributed by atoms with Gasteiger partial charge in [-0.15, -0.1) is 0 Å². The van der Waals surface area contributed by atoms with Crippen LogP contribution < -0.4 is 19.5 Å². The highest BCUT2D eigenvalue weighted by atomic mass is 32.2. The quantitative estimate of drug-likeness (QED) is 0.578. The molecule has 2 heterocycles. The predicted molar refractivity (Wildman–Crippen MR) is 127 cm³/mol. The second-order valence-corrected chi connectivity index (χ2v) is 10.2. The molecule has 1 aliphatic heterocycles. The highest BCUT2D eigenvalue weighted by Crippen LogP contribution is 2.28. The molecule has 3 aromatic rings. The number of sulfonamides is 1. The van der Waals surface area contributed by atoms with Crippen molar-refractivity contribution in [3.63, 3.8) is 0 Å². The Hall–Kier alpha value is -3.66. The van der Waals surface area contributed by atoms with E-state index in [1.807, 2.05) is 39.0 Å². The number of aryl methyl sites for hydroxylation is 1. The molecule has 4 bridgehead atoms. The number of benzene rings is 2. The fourth-order valence-electron chi connectivity index (χ4n) is 3.54. The molecule has 0 spiro atoms. The van der Waals surface area contributed by atoms with Gasteiger partial charge >= 0.3 is 0 Å². The maximum atomic E-state index is 13.0. The third-order valence-electron chi connectivity index (χ3n) is 5.14. The van der Waals surface area contributed by atoms with E-state index in [2.05, 4.69) is 20.0 Å². The van der Waals surface area contributed by atoms with Crippen LogP contribution in [0.4, 0.5) is 5.95 Å². The van der Waals surface area contributed by atoms with Gasteiger partial charge in [0.05, 0.1) is 17.0 Å². The van der Waals surface area contributed by atoms with Crippen molar-refractivity contribution in [3.8, 4) is 17.5 Å². The lowest BCUT2D eigenvalue weighted by atomic mass is 10.0. The van der Waals surface area contributed by atoms with Crippen LogP contribution in [0.15, 0.2) is 59.5 Å². The van der Waals surface area contributed by atoms with Crippen LogP contribution in [0.2, 0.25) is 0 Å². The molecule has 2 aromatic carbocycles. The molecular weight excluding hydrogens is 456 g/mol. The lowest BCUT2D eigenvalue weighted by molar-refractivity contribution is 0.0913. The second-order valence-electron chi connectivity index (χ2n) is 8.48. The van der Waals surface area contributed by atoms with Crippen molar-refractivity contribution in [1.29, 1.82) is 0 Å². The van der Waals surface area contributed by atoms with E-state index < -0.39 is 10.0 Å². The van der Waals surface area contributed by atoms with Crippen molar-refractivity contribution in [2.75, 3.05) is 11.3 Å². The van der Waals surface area contributed by atoms with Gasteiger partial charge in [-0.25, -0.2) is 13.1 Å². The van der Waals surface area contributed by atoms with Crippen LogP contribution in [-0.2, 0) is 10.0 Å². The molecule has 1 aromatic heterocycles. The van der Waals surface area contributed by atoms with Gasteiger partial charge in [-0.2, -0.15) is 9.97 Å². The molecule has 0 saturated heterocycles. The SMILES string of the molecule is Cc1ccccc1Oc1cc2nc(n1)NS(=O)(=O)c1cccc(c1)C(=O)N[C@H](CC(C)C)CO2. The number of hydrogen-bond acceptors (Lipinski definition) is 7. The molecular formula is C24H26N4O5S. The summed E-state index contributed by atoms with van der Waals surface area (Å²) >= 11 is 0. The van der Waals surface area contributed by atoms with Crippen LogP contribution in [-0.4, -0.2) is 36.9 Å². The Labute approximate surface area is 198 Å². The van der Waals surface area contributed by atoms with E-state index in [-0.39, 0.29) is 46.7 Å². The highest BCUT2D eigenvalue weighted by molar-refractivity contribution is 7.92. The summed E-state index contributed by atoms with van der Waals surface area (Å²) < 4.78 is 40.2. The molecule has 1 atom stereocenters. The Morgan fingerprint density at radius 1 is 1.12 bits per heavy atom. The molecule has 0 unspecified atom stereocenters. The van der Waals surface area contributed by atoms with Crippen LogP contribution in [0, 0.1) is 12.8 Å². The second kappa shape index (κ2) is 9.68. The minimum Gasteiger partial charge on any atom is -0.475 e. The lowest BCUT2D eigenvalue weighted by Crippen LogP contribution is -2.40. The van der Waals surface area contributed by atoms with Gasteiger partial charge in [0.25, 0.3) is 15.9 Å². The third kappa shape index (κ3) is 5.63. The van der Waals surface area contributed by atoms with E-state index >= 15 is 0 Å². The van der Waals surface area contributed by atoms with Crippen LogP contribution in [0.3, 0.4) is 0 Å². The molecule has 9 nitrogen and oxygen atoms in total. The van der Waals surface area contributed by atoms with Crippen molar-refractivity contribution >= 4 is 21.9 Å². The van der Waals surface area contributed by atoms with Gasteiger partial charge in [0.2, 0.25) is 17.7 Å². The summed E-state index contributed by atoms with van der Waals surface area (Å²) in [4.78, 5) is 21.2. The van der Waals surface area contributed by atoms with E-state index in [1.165, 1.54) is 24.3 Å². The first-order valence-electron chi connectivity index (χ1n) is 10.9. The lowest BCUT2D eigenvalue weighted by Gasteiger charge is -2.21. The number of carbonyl (C=O) groups excluding carboxylic acids is 1. The van der Waals surface area contributed by atoms with Crippen molar-refractivity contribution in [3.05, 3.63) is 65.7 Å². The van der Waals surface area contributed by atoms with E-state index in [1.54, 1.807) is 12.1 Å². The van der Waals surface area contributed by atoms with E-state index in [0.29, 0.717) is 18.1 Å². The topological polar surface area (TPSA) is 120 Å². The van der Waals surface area contributed by atoms with Crippen LogP contribution in [0.25, 0.3) is 0 Å². The minimum absolute atomic E-state index is 0.0869. The molecule has 0 saturated carbocycles. The number of anilines is 1. The van der Waals surface area contributed by atoms with Crippen LogP contribution in [0.1, 0.15) is 36.2 Å². The van der Waals surface area contributed by atoms with Gasteiger partial charge in [0, 0.05) is 5.56 Å². The van der Waals surface area contributed by atoms with Crippen molar-refractivity contribution in [2.24, 2.45) is 5.92 Å². The number of ether oxygens (including phenoxy) is 2. The molecule has 0 aliphatic carbocycles. The Kier molecular flexibility index (Phi) is 6.69. The number of carbonyl (C=O) groups is 1. The van der Waals surface area contributed by atoms with Crippen LogP contribution in [0.5, 0.6) is 17.5 Å². The predicted octanol–water partition coefficient (Wildman–Crippen LogP) is 3.92. The summed E-state index contributed by atoms with van der Waals surface area (Å²) in [5.74, 6) is 0.503. The zero-order valence-corrected chi connectivity index (χ0v) is 19.9. The summed E-state index contributed by atoms with van der Waals surface area (Å²) in [5, 5.41) is 2.94. The van der Waals surface area contributed by atoms with Gasteiger partial charge in [-0.1, -0.05) is 38.1 Å². The number of amides is 1. The maximum absolute atomic E-state index is 13.0. The molecule has 1 aliphatic rings. The van der Waals surface area contributed by atoms with Crippen LogP contribution >= 0.6 is 0 Å². The number of aromatic nitrogens is 2. The van der Waals surface area contributed by atoms with Gasteiger partial charge in [0.15, 0.2) is 0 Å². The Morgan fingerprint density at radius 2 is 1.91 bits per heavy atom. The van der Waals surface area contributed by atoms with Crippen molar-refractivity contribution in [1.82, 2.24) is 15.3 Å². The summed E-state index contributed by atoms with van der Waals surface area (Å²) in [6.45, 7) is 6.11. The molecule has 2 N–H and O–H groups in total. The largest absolute Gasteiger partial charge is 0.475 e. The first-order valence-corrected chi connectivity index (χ1v) is 12.4. The van der Waals surface area contributed by atoms with E-state index in [4.69, 9.17) is 9.47 Å². The number of hydrogen-bond donors (Lipinski definition) is 2. The number of nitrogens with one attached hydrogen (secondary N) is 2. The standard InChI is InChI=1S/C24H26N4O5S/c1-15(2)11-18-14-32-21-13-22(33-20-10-5-4-7-16(20)3)27-24(26-21)28-34(30,31)19-9-6-8-17(12-19)23(29)25-18/h4-10,12-13,15,18H,11,14H2,1-3H3,(H,25,29)(H,26,27,28)/t18-/m1/s1. The summed E-state index contributed by atoms with van der Waals surface area (Å²) in [6.07, 6.45) is 0.659. The maximum Gasteiger partial charge on any atom is 0.264 e. The molecule has 34 heavy (non-hydrogen) atoms. The third-order valence-corrected chi connectivity index (χ3v) is 6.47. The zero-order valence-electron chi connectivity index (χ0n) is 19.1. The fraction of sp³-hybridized carbons (Fsp3) is 0.292. The first kappa shape index (κ1) is 23.5. The summed E-state index contributed by atoms with van der Waals surface area (Å²) in [7, 11) is -4.08. The van der Waals surface area contributed by atoms with Gasteiger partial charge in [-0.05, 0) is 49.1 Å². The molecule has 178 valence electrons. The minimum atomic E-state index is -4.08. The average Bonchev–Trinajstić information content (AvgIpc) is 2.78. The molecule has 0 fully saturated rings. The molecule has 4 rings (SSSR count). The number of rotatable bonds is 4. The normalized spacial score (nSPS) is 17.3. The summed E-state index contributed by atoms with van der Waals surface area (Å²) in [6, 6.07) is 14.3. The monoisotopic (exact) mass is 482 g/mol. The number of nitrogens with zero attached hydrogens (tertiary/aromatic N) is 2. The van der Waals surface area contributed by atoms with Crippen molar-refractivity contribution < 1.29 is 22.7 Å². The molecule has 1 amide bonds. The molecule has 10 heteroatoms. The average molecular weight is 483 g/mol. The highest BCUT2D eigenvalue weighted by Gasteiger charge is 2.23. The first-order chi connectivity index (χ1) is 16.2. The summed E-state index contributed by atoms with van der Waals surface area (Å²) in [5.41, 5.74) is 1.11. The van der Waals surface area contributed by atoms with E-state index in [9.17, 15) is 13.2 Å². The Bertz CT molecular complexity index is 1310. The number of para-hydroxylation sites is 1.